The van der Waals surface area contributed by atoms with Gasteiger partial charge in [-0.15, -0.1) is 0 Å². The maximum Gasteiger partial charge on any atom is 0.253 e. The number of carbonyl (C=O) groups is 2. The molecule has 1 aliphatic rings. The van der Waals surface area contributed by atoms with E-state index in [2.05, 4.69) is 20.4 Å². The van der Waals surface area contributed by atoms with Gasteiger partial charge in [-0.1, -0.05) is 35.0 Å². The topological polar surface area (TPSA) is 91.6 Å². The number of aromatic nitrogens is 2. The summed E-state index contributed by atoms with van der Waals surface area (Å²) in [6, 6.07) is 15.0. The van der Waals surface area contributed by atoms with Crippen LogP contribution in [0, 0.1) is 6.92 Å². The summed E-state index contributed by atoms with van der Waals surface area (Å²) in [5.41, 5.74) is 3.40. The molecule has 1 aromatic heterocycles. The molecule has 0 saturated carbocycles. The predicted octanol–water partition coefficient (Wildman–Crippen LogP) is 3.52. The highest BCUT2D eigenvalue weighted by molar-refractivity contribution is 5.95. The van der Waals surface area contributed by atoms with Crippen LogP contribution in [0.1, 0.15) is 41.7 Å². The van der Waals surface area contributed by atoms with Crippen LogP contribution in [0.4, 0.5) is 5.69 Å². The summed E-state index contributed by atoms with van der Waals surface area (Å²) in [7, 11) is 0. The fraction of sp³-hybridized carbons (Fsp3) is 0.333. The first-order valence-electron chi connectivity index (χ1n) is 10.7. The number of aryl methyl sites for hydroxylation is 1. The Hall–Kier alpha value is -3.52. The van der Waals surface area contributed by atoms with Crippen molar-refractivity contribution in [3.05, 3.63) is 65.5 Å². The Labute approximate surface area is 187 Å². The lowest BCUT2D eigenvalue weighted by molar-refractivity contribution is -0.114. The van der Waals surface area contributed by atoms with E-state index in [0.717, 1.165) is 18.7 Å². The Balaban J connectivity index is 1.34. The summed E-state index contributed by atoms with van der Waals surface area (Å²) in [5, 5.41) is 6.84. The zero-order chi connectivity index (χ0) is 22.7. The standard InChI is InChI=1S/C24H27N5O3/c1-16-4-6-19(7-5-16)22-26-23(32-27-22)17(2)28-12-14-29(15-13-28)24(31)20-8-10-21(11-9-20)25-18(3)30/h4-11,17H,12-15H2,1-3H3,(H,25,30). The van der Waals surface area contributed by atoms with E-state index in [0.29, 0.717) is 36.1 Å². The Morgan fingerprint density at radius 2 is 1.66 bits per heavy atom. The van der Waals surface area contributed by atoms with Gasteiger partial charge in [-0.05, 0) is 38.1 Å². The van der Waals surface area contributed by atoms with Crippen molar-refractivity contribution in [2.75, 3.05) is 31.5 Å². The van der Waals surface area contributed by atoms with E-state index in [4.69, 9.17) is 4.52 Å². The number of amides is 2. The smallest absolute Gasteiger partial charge is 0.253 e. The second-order valence-corrected chi connectivity index (χ2v) is 8.08. The number of nitrogens with one attached hydrogen (secondary N) is 1. The molecule has 2 amide bonds. The van der Waals surface area contributed by atoms with Gasteiger partial charge in [0.15, 0.2) is 0 Å². The molecular weight excluding hydrogens is 406 g/mol. The van der Waals surface area contributed by atoms with E-state index in [1.165, 1.54) is 12.5 Å². The summed E-state index contributed by atoms with van der Waals surface area (Å²) in [6.07, 6.45) is 0. The van der Waals surface area contributed by atoms with E-state index in [1.54, 1.807) is 24.3 Å². The van der Waals surface area contributed by atoms with Gasteiger partial charge in [0, 0.05) is 49.9 Å². The lowest BCUT2D eigenvalue weighted by atomic mass is 10.1. The van der Waals surface area contributed by atoms with Crippen molar-refractivity contribution in [2.24, 2.45) is 0 Å². The first-order chi connectivity index (χ1) is 15.4. The Morgan fingerprint density at radius 3 is 2.28 bits per heavy atom. The molecule has 166 valence electrons. The average Bonchev–Trinajstić information content (AvgIpc) is 3.29. The number of benzene rings is 2. The van der Waals surface area contributed by atoms with Crippen LogP contribution in [0.2, 0.25) is 0 Å². The maximum absolute atomic E-state index is 12.8. The van der Waals surface area contributed by atoms with Crippen molar-refractivity contribution in [3.63, 3.8) is 0 Å². The van der Waals surface area contributed by atoms with Crippen LogP contribution in [0.15, 0.2) is 53.1 Å². The summed E-state index contributed by atoms with van der Waals surface area (Å²) in [5.74, 6) is 1.02. The maximum atomic E-state index is 12.8. The Bertz CT molecular complexity index is 1080. The van der Waals surface area contributed by atoms with Crippen LogP contribution in [-0.2, 0) is 4.79 Å². The predicted molar refractivity (Wildman–Crippen MR) is 121 cm³/mol. The average molecular weight is 434 g/mol. The monoisotopic (exact) mass is 433 g/mol. The van der Waals surface area contributed by atoms with E-state index >= 15 is 0 Å². The Kier molecular flexibility index (Phi) is 6.32. The molecule has 8 nitrogen and oxygen atoms in total. The minimum absolute atomic E-state index is 0.00822. The number of carbonyl (C=O) groups excluding carboxylic acids is 2. The molecule has 1 unspecified atom stereocenters. The normalized spacial score (nSPS) is 15.4. The van der Waals surface area contributed by atoms with Gasteiger partial charge in [-0.25, -0.2) is 0 Å². The van der Waals surface area contributed by atoms with Crippen molar-refractivity contribution >= 4 is 17.5 Å². The van der Waals surface area contributed by atoms with Crippen LogP contribution in [0.3, 0.4) is 0 Å². The van der Waals surface area contributed by atoms with Gasteiger partial charge in [0.05, 0.1) is 6.04 Å². The highest BCUT2D eigenvalue weighted by Gasteiger charge is 2.28. The molecule has 4 rings (SSSR count). The molecule has 0 spiro atoms. The van der Waals surface area contributed by atoms with Gasteiger partial charge in [-0.2, -0.15) is 4.98 Å². The third-order valence-electron chi connectivity index (χ3n) is 5.71. The van der Waals surface area contributed by atoms with Crippen LogP contribution >= 0.6 is 0 Å². The van der Waals surface area contributed by atoms with Gasteiger partial charge in [-0.3, -0.25) is 14.5 Å². The van der Waals surface area contributed by atoms with E-state index in [9.17, 15) is 9.59 Å². The third-order valence-corrected chi connectivity index (χ3v) is 5.71. The molecule has 1 aliphatic heterocycles. The van der Waals surface area contributed by atoms with Crippen molar-refractivity contribution in [1.29, 1.82) is 0 Å². The molecule has 1 saturated heterocycles. The van der Waals surface area contributed by atoms with E-state index in [-0.39, 0.29) is 17.9 Å². The minimum Gasteiger partial charge on any atom is -0.337 e. The van der Waals surface area contributed by atoms with Crippen molar-refractivity contribution in [2.45, 2.75) is 26.8 Å². The first-order valence-corrected chi connectivity index (χ1v) is 10.7. The van der Waals surface area contributed by atoms with Crippen LogP contribution in [0.25, 0.3) is 11.4 Å². The molecule has 1 atom stereocenters. The number of piperazine rings is 1. The lowest BCUT2D eigenvalue weighted by Gasteiger charge is -2.36. The van der Waals surface area contributed by atoms with Gasteiger partial charge in [0.25, 0.3) is 5.91 Å². The quantitative estimate of drug-likeness (QED) is 0.662. The molecule has 0 bridgehead atoms. The lowest BCUT2D eigenvalue weighted by Crippen LogP contribution is -2.49. The molecule has 32 heavy (non-hydrogen) atoms. The number of anilines is 1. The van der Waals surface area contributed by atoms with Gasteiger partial charge >= 0.3 is 0 Å². The molecule has 2 aromatic carbocycles. The molecule has 1 fully saturated rings. The number of hydrogen-bond acceptors (Lipinski definition) is 6. The second-order valence-electron chi connectivity index (χ2n) is 8.08. The molecule has 0 aliphatic carbocycles. The number of rotatable bonds is 5. The molecule has 0 radical (unpaired) electrons. The molecule has 2 heterocycles. The summed E-state index contributed by atoms with van der Waals surface area (Å²) < 4.78 is 5.53. The van der Waals surface area contributed by atoms with E-state index in [1.807, 2.05) is 43.0 Å². The number of hydrogen-bond donors (Lipinski definition) is 1. The van der Waals surface area contributed by atoms with Crippen LogP contribution < -0.4 is 5.32 Å². The van der Waals surface area contributed by atoms with E-state index < -0.39 is 0 Å². The van der Waals surface area contributed by atoms with Gasteiger partial charge < -0.3 is 14.7 Å². The molecule has 8 heteroatoms. The largest absolute Gasteiger partial charge is 0.337 e. The SMILES string of the molecule is CC(=O)Nc1ccc(C(=O)N2CCN(C(C)c3nc(-c4ccc(C)cc4)no3)CC2)cc1. The van der Waals surface area contributed by atoms with Gasteiger partial charge in [0.1, 0.15) is 0 Å². The Morgan fingerprint density at radius 1 is 1.00 bits per heavy atom. The fourth-order valence-electron chi connectivity index (χ4n) is 3.78. The summed E-state index contributed by atoms with van der Waals surface area (Å²) >= 11 is 0. The zero-order valence-electron chi connectivity index (χ0n) is 18.5. The van der Waals surface area contributed by atoms with Crippen LogP contribution in [-0.4, -0.2) is 57.9 Å². The van der Waals surface area contributed by atoms with Crippen molar-refractivity contribution < 1.29 is 14.1 Å². The zero-order valence-corrected chi connectivity index (χ0v) is 18.5. The second kappa shape index (κ2) is 9.32. The summed E-state index contributed by atoms with van der Waals surface area (Å²) in [6.45, 7) is 8.23. The summed E-state index contributed by atoms with van der Waals surface area (Å²) in [4.78, 5) is 32.7. The minimum atomic E-state index is -0.137. The number of nitrogens with zero attached hydrogens (tertiary/aromatic N) is 4. The molecular formula is C24H27N5O3. The van der Waals surface area contributed by atoms with Crippen LogP contribution in [0.5, 0.6) is 0 Å². The van der Waals surface area contributed by atoms with Crippen molar-refractivity contribution in [1.82, 2.24) is 19.9 Å². The van der Waals surface area contributed by atoms with Gasteiger partial charge in [0.2, 0.25) is 17.6 Å². The highest BCUT2D eigenvalue weighted by Crippen LogP contribution is 2.24. The first kappa shape index (κ1) is 21.7. The highest BCUT2D eigenvalue weighted by atomic mass is 16.5. The molecule has 1 N–H and O–H groups in total. The third kappa shape index (κ3) is 4.86. The fourth-order valence-corrected chi connectivity index (χ4v) is 3.78. The molecule has 3 aromatic rings. The van der Waals surface area contributed by atoms with Crippen molar-refractivity contribution in [3.8, 4) is 11.4 Å².